The number of hydrogen-bond donors (Lipinski definition) is 3. The standard InChI is InChI=1S/C20H17ClFN5O.3H2/c1-11(12-2-4-14(22)5-3-12)25-18-7-15(10-28)26-20(27-18)17-9-24-19-16(17)6-13(21)8-23-19;;;/h2-9,11,28H,10H2,1H3,(H,23,24)(H,25,26,27);3*1H/t11-;;;/m0.../s1. The van der Waals surface area contributed by atoms with Crippen molar-refractivity contribution in [2.45, 2.75) is 19.6 Å². The summed E-state index contributed by atoms with van der Waals surface area (Å²) >= 11 is 6.08. The van der Waals surface area contributed by atoms with E-state index in [0.717, 1.165) is 16.5 Å². The second kappa shape index (κ2) is 7.53. The Balaban J connectivity index is 0.00000160. The van der Waals surface area contributed by atoms with Crippen LogP contribution in [0.3, 0.4) is 0 Å². The van der Waals surface area contributed by atoms with E-state index in [9.17, 15) is 9.50 Å². The molecule has 0 saturated carbocycles. The van der Waals surface area contributed by atoms with E-state index in [1.54, 1.807) is 36.7 Å². The van der Waals surface area contributed by atoms with Crippen LogP contribution in [0.2, 0.25) is 5.02 Å². The van der Waals surface area contributed by atoms with E-state index >= 15 is 0 Å². The summed E-state index contributed by atoms with van der Waals surface area (Å²) in [6.07, 6.45) is 3.32. The van der Waals surface area contributed by atoms with Gasteiger partial charge in [-0.15, -0.1) is 0 Å². The minimum atomic E-state index is -0.283. The highest BCUT2D eigenvalue weighted by Gasteiger charge is 2.14. The van der Waals surface area contributed by atoms with Gasteiger partial charge in [0.05, 0.1) is 17.3 Å². The molecule has 0 aliphatic heterocycles. The van der Waals surface area contributed by atoms with Gasteiger partial charge in [-0.2, -0.15) is 0 Å². The van der Waals surface area contributed by atoms with Gasteiger partial charge in [-0.05, 0) is 30.7 Å². The molecule has 0 saturated heterocycles. The van der Waals surface area contributed by atoms with E-state index in [0.29, 0.717) is 28.0 Å². The Hall–Kier alpha value is -3.03. The summed E-state index contributed by atoms with van der Waals surface area (Å²) in [5, 5.41) is 14.2. The van der Waals surface area contributed by atoms with Gasteiger partial charge in [0.25, 0.3) is 0 Å². The van der Waals surface area contributed by atoms with Crippen LogP contribution >= 0.6 is 11.6 Å². The highest BCUT2D eigenvalue weighted by atomic mass is 35.5. The molecule has 148 valence electrons. The predicted octanol–water partition coefficient (Wildman–Crippen LogP) is 5.22. The number of benzene rings is 1. The van der Waals surface area contributed by atoms with Crippen molar-refractivity contribution in [3.8, 4) is 11.4 Å². The van der Waals surface area contributed by atoms with Crippen molar-refractivity contribution in [3.05, 3.63) is 70.9 Å². The largest absolute Gasteiger partial charge is 0.390 e. The molecule has 0 amide bonds. The van der Waals surface area contributed by atoms with Gasteiger partial charge in [0.15, 0.2) is 5.82 Å². The van der Waals surface area contributed by atoms with E-state index in [1.165, 1.54) is 12.1 Å². The van der Waals surface area contributed by atoms with Crippen LogP contribution in [0, 0.1) is 5.82 Å². The van der Waals surface area contributed by atoms with E-state index in [4.69, 9.17) is 11.6 Å². The molecular weight excluding hydrogens is 381 g/mol. The minimum absolute atomic E-state index is 0. The third kappa shape index (κ3) is 3.67. The Morgan fingerprint density at radius 1 is 1.25 bits per heavy atom. The average Bonchev–Trinajstić information content (AvgIpc) is 3.11. The van der Waals surface area contributed by atoms with Gasteiger partial charge in [0.1, 0.15) is 17.3 Å². The quantitative estimate of drug-likeness (QED) is 0.425. The van der Waals surface area contributed by atoms with E-state index in [1.807, 2.05) is 6.92 Å². The topological polar surface area (TPSA) is 86.7 Å². The molecule has 4 aromatic rings. The second-order valence-electron chi connectivity index (χ2n) is 6.40. The Kier molecular flexibility index (Phi) is 4.93. The van der Waals surface area contributed by atoms with Gasteiger partial charge in [0, 0.05) is 39.7 Å². The smallest absolute Gasteiger partial charge is 0.164 e. The van der Waals surface area contributed by atoms with Crippen LogP contribution in [0.1, 0.15) is 28.5 Å². The van der Waals surface area contributed by atoms with E-state index in [-0.39, 0.29) is 22.7 Å². The average molecular weight is 404 g/mol. The number of fused-ring (bicyclic) bond motifs is 1. The second-order valence-corrected chi connectivity index (χ2v) is 6.83. The van der Waals surface area contributed by atoms with Gasteiger partial charge in [-0.25, -0.2) is 19.3 Å². The summed E-state index contributed by atoms with van der Waals surface area (Å²) in [4.78, 5) is 16.3. The molecular formula is C20H23ClFN5O. The number of aromatic amines is 1. The molecule has 0 aliphatic carbocycles. The van der Waals surface area contributed by atoms with Crippen molar-refractivity contribution in [2.75, 3.05) is 5.32 Å². The lowest BCUT2D eigenvalue weighted by Crippen LogP contribution is -2.10. The van der Waals surface area contributed by atoms with Crippen molar-refractivity contribution in [1.29, 1.82) is 0 Å². The number of pyridine rings is 1. The van der Waals surface area contributed by atoms with Crippen LogP contribution in [0.15, 0.2) is 48.8 Å². The van der Waals surface area contributed by atoms with Crippen LogP contribution in [-0.2, 0) is 6.61 Å². The Morgan fingerprint density at radius 3 is 2.79 bits per heavy atom. The first kappa shape index (κ1) is 18.3. The third-order valence-corrected chi connectivity index (χ3v) is 4.62. The maximum absolute atomic E-state index is 13.2. The van der Waals surface area contributed by atoms with Crippen LogP contribution in [-0.4, -0.2) is 25.0 Å². The van der Waals surface area contributed by atoms with Crippen molar-refractivity contribution >= 4 is 28.5 Å². The maximum Gasteiger partial charge on any atom is 0.164 e. The zero-order valence-corrected chi connectivity index (χ0v) is 15.7. The predicted molar refractivity (Wildman–Crippen MR) is 113 cm³/mol. The fourth-order valence-electron chi connectivity index (χ4n) is 2.99. The molecule has 6 nitrogen and oxygen atoms in total. The van der Waals surface area contributed by atoms with E-state index < -0.39 is 0 Å². The monoisotopic (exact) mass is 403 g/mol. The zero-order chi connectivity index (χ0) is 19.7. The van der Waals surface area contributed by atoms with Gasteiger partial charge in [-0.1, -0.05) is 23.7 Å². The highest BCUT2D eigenvalue weighted by Crippen LogP contribution is 2.29. The van der Waals surface area contributed by atoms with E-state index in [2.05, 4.69) is 25.3 Å². The molecule has 1 atom stereocenters. The summed E-state index contributed by atoms with van der Waals surface area (Å²) in [5.41, 5.74) is 2.79. The molecule has 8 heteroatoms. The maximum atomic E-state index is 13.2. The Labute approximate surface area is 169 Å². The minimum Gasteiger partial charge on any atom is -0.390 e. The zero-order valence-electron chi connectivity index (χ0n) is 14.9. The number of rotatable bonds is 5. The number of nitrogens with one attached hydrogen (secondary N) is 2. The summed E-state index contributed by atoms with van der Waals surface area (Å²) in [6, 6.07) is 9.63. The third-order valence-electron chi connectivity index (χ3n) is 4.41. The molecule has 0 bridgehead atoms. The molecule has 0 fully saturated rings. The van der Waals surface area contributed by atoms with Crippen molar-refractivity contribution in [2.24, 2.45) is 0 Å². The van der Waals surface area contributed by atoms with Crippen molar-refractivity contribution in [3.63, 3.8) is 0 Å². The number of halogens is 2. The van der Waals surface area contributed by atoms with Crippen molar-refractivity contribution in [1.82, 2.24) is 19.9 Å². The SMILES string of the molecule is C[C@H](Nc1cc(CO)nc(-c2c[nH]c3ncc(Cl)cc23)n1)c1ccc(F)cc1.[HH].[HH].[HH]. The molecule has 1 aromatic carbocycles. The summed E-state index contributed by atoms with van der Waals surface area (Å²) in [5.74, 6) is 0.709. The lowest BCUT2D eigenvalue weighted by molar-refractivity contribution is 0.277. The molecule has 0 unspecified atom stereocenters. The van der Waals surface area contributed by atoms with Gasteiger partial charge >= 0.3 is 0 Å². The normalized spacial score (nSPS) is 12.3. The molecule has 28 heavy (non-hydrogen) atoms. The fraction of sp³-hybridized carbons (Fsp3) is 0.150. The lowest BCUT2D eigenvalue weighted by Gasteiger charge is -2.16. The summed E-state index contributed by atoms with van der Waals surface area (Å²) in [6.45, 7) is 1.72. The highest BCUT2D eigenvalue weighted by molar-refractivity contribution is 6.31. The number of aromatic nitrogens is 4. The molecule has 0 radical (unpaired) electrons. The van der Waals surface area contributed by atoms with Crippen LogP contribution in [0.5, 0.6) is 0 Å². The number of hydrogen-bond acceptors (Lipinski definition) is 5. The Bertz CT molecular complexity index is 1140. The van der Waals surface area contributed by atoms with Crippen LogP contribution < -0.4 is 5.32 Å². The number of H-pyrrole nitrogens is 1. The summed E-state index contributed by atoms with van der Waals surface area (Å²) < 4.78 is 13.2. The summed E-state index contributed by atoms with van der Waals surface area (Å²) in [7, 11) is 0. The van der Waals surface area contributed by atoms with Gasteiger partial charge in [0.2, 0.25) is 0 Å². The van der Waals surface area contributed by atoms with Crippen LogP contribution in [0.4, 0.5) is 10.2 Å². The van der Waals surface area contributed by atoms with Crippen LogP contribution in [0.25, 0.3) is 22.4 Å². The number of nitrogens with zero attached hydrogens (tertiary/aromatic N) is 3. The molecule has 4 rings (SSSR count). The van der Waals surface area contributed by atoms with Gasteiger partial charge < -0.3 is 15.4 Å². The molecule has 3 N–H and O–H groups in total. The molecule has 0 spiro atoms. The first-order valence-electron chi connectivity index (χ1n) is 8.67. The number of aliphatic hydroxyl groups excluding tert-OH is 1. The fourth-order valence-corrected chi connectivity index (χ4v) is 3.15. The molecule has 3 aromatic heterocycles. The molecule has 0 aliphatic rings. The first-order valence-corrected chi connectivity index (χ1v) is 9.05. The Morgan fingerprint density at radius 2 is 2.04 bits per heavy atom. The van der Waals surface area contributed by atoms with Crippen molar-refractivity contribution < 1.29 is 13.8 Å². The number of aliphatic hydroxyl groups is 1. The number of anilines is 1. The van der Waals surface area contributed by atoms with Gasteiger partial charge in [-0.3, -0.25) is 0 Å². The lowest BCUT2D eigenvalue weighted by atomic mass is 10.1. The first-order chi connectivity index (χ1) is 13.5. The molecule has 3 heterocycles.